The van der Waals surface area contributed by atoms with Gasteiger partial charge < -0.3 is 15.0 Å². The van der Waals surface area contributed by atoms with Gasteiger partial charge in [0.1, 0.15) is 6.61 Å². The van der Waals surface area contributed by atoms with E-state index in [2.05, 4.69) is 41.8 Å². The van der Waals surface area contributed by atoms with E-state index in [0.29, 0.717) is 29.3 Å². The Morgan fingerprint density at radius 1 is 1.11 bits per heavy atom. The summed E-state index contributed by atoms with van der Waals surface area (Å²) in [4.78, 5) is 16.4. The van der Waals surface area contributed by atoms with Crippen LogP contribution in [0.15, 0.2) is 34.5 Å². The molecule has 1 atom stereocenters. The number of carbonyl (C=O) groups is 1. The first-order valence-corrected chi connectivity index (χ1v) is 15.4. The second kappa shape index (κ2) is 13.3. The second-order valence-corrected chi connectivity index (χ2v) is 13.6. The monoisotopic (exact) mass is 549 g/mol. The number of benzene rings is 1. The van der Waals surface area contributed by atoms with E-state index in [1.165, 1.54) is 22.0 Å². The molecule has 7 nitrogen and oxygen atoms in total. The molecule has 2 aromatic rings. The number of likely N-dealkylation sites (N-methyl/N-ethyl adjacent to an activating group) is 1. The summed E-state index contributed by atoms with van der Waals surface area (Å²) in [6.07, 6.45) is 4.56. The third-order valence-corrected chi connectivity index (χ3v) is 10.5. The van der Waals surface area contributed by atoms with E-state index in [4.69, 9.17) is 4.74 Å². The lowest BCUT2D eigenvalue weighted by Crippen LogP contribution is -2.36. The predicted molar refractivity (Wildman–Crippen MR) is 150 cm³/mol. The number of hydrogen-bond donors (Lipinski definition) is 1. The maximum Gasteiger partial charge on any atom is 0.246 e. The highest BCUT2D eigenvalue weighted by molar-refractivity contribution is 7.89. The summed E-state index contributed by atoms with van der Waals surface area (Å²) in [6.45, 7) is 6.54. The van der Waals surface area contributed by atoms with Crippen LogP contribution in [0.2, 0.25) is 0 Å². The largest absolute Gasteiger partial charge is 0.370 e. The smallest absolute Gasteiger partial charge is 0.246 e. The molecule has 1 N–H and O–H groups in total. The van der Waals surface area contributed by atoms with Gasteiger partial charge in [-0.2, -0.15) is 4.31 Å². The van der Waals surface area contributed by atoms with Crippen molar-refractivity contribution in [1.29, 1.82) is 0 Å². The van der Waals surface area contributed by atoms with Crippen LogP contribution in [0, 0.1) is 32.6 Å². The molecule has 3 rings (SSSR count). The van der Waals surface area contributed by atoms with E-state index < -0.39 is 10.0 Å². The lowest BCUT2D eigenvalue weighted by Gasteiger charge is -2.37. The predicted octanol–water partition coefficient (Wildman–Crippen LogP) is 4.54. The number of nitrogens with one attached hydrogen (secondary N) is 1. The van der Waals surface area contributed by atoms with Crippen molar-refractivity contribution in [3.05, 3.63) is 51.2 Å². The zero-order chi connectivity index (χ0) is 27.2. The van der Waals surface area contributed by atoms with Crippen molar-refractivity contribution in [2.45, 2.75) is 57.4 Å². The molecule has 1 amide bonds. The zero-order valence-electron chi connectivity index (χ0n) is 23.1. The number of thiophene rings is 1. The number of rotatable bonds is 12. The van der Waals surface area contributed by atoms with Crippen LogP contribution in [-0.4, -0.2) is 71.0 Å². The number of amides is 1. The molecule has 37 heavy (non-hydrogen) atoms. The Labute approximate surface area is 227 Å². The van der Waals surface area contributed by atoms with Crippen LogP contribution < -0.4 is 5.32 Å². The van der Waals surface area contributed by atoms with Crippen molar-refractivity contribution in [2.75, 3.05) is 47.4 Å². The van der Waals surface area contributed by atoms with Crippen molar-refractivity contribution in [2.24, 2.45) is 11.8 Å². The topological polar surface area (TPSA) is 78.9 Å². The summed E-state index contributed by atoms with van der Waals surface area (Å²) in [6, 6.07) is 8.59. The third kappa shape index (κ3) is 7.86. The van der Waals surface area contributed by atoms with Crippen LogP contribution in [0.1, 0.15) is 53.3 Å². The standard InChI is InChI=1S/C28H43N3O4S2/c1-20-16-21(2)28(22(3)17-20)37(33,34)31(6)13-14-35-19-26(32)29-18-23-9-11-24(12-10-23)27(30(4)5)25-8-7-15-36-25/h7-8,15-17,23-24,27H,9-14,18-19H2,1-6H3,(H,29,32). The van der Waals surface area contributed by atoms with Gasteiger partial charge in [0.15, 0.2) is 0 Å². The van der Waals surface area contributed by atoms with Gasteiger partial charge in [0.2, 0.25) is 15.9 Å². The zero-order valence-corrected chi connectivity index (χ0v) is 24.8. The van der Waals surface area contributed by atoms with Crippen molar-refractivity contribution in [3.8, 4) is 0 Å². The quantitative estimate of drug-likeness (QED) is 0.394. The normalized spacial score (nSPS) is 19.4. The summed E-state index contributed by atoms with van der Waals surface area (Å²) < 4.78 is 32.9. The molecule has 1 saturated carbocycles. The lowest BCUT2D eigenvalue weighted by molar-refractivity contribution is -0.126. The van der Waals surface area contributed by atoms with Crippen molar-refractivity contribution >= 4 is 27.3 Å². The fraction of sp³-hybridized carbons (Fsp3) is 0.607. The average molecular weight is 550 g/mol. The molecule has 0 spiro atoms. The lowest BCUT2D eigenvalue weighted by atomic mass is 9.77. The van der Waals surface area contributed by atoms with E-state index in [1.54, 1.807) is 7.05 Å². The number of ether oxygens (including phenoxy) is 1. The van der Waals surface area contributed by atoms with E-state index in [1.807, 2.05) is 44.2 Å². The first kappa shape index (κ1) is 29.8. The summed E-state index contributed by atoms with van der Waals surface area (Å²) in [5.74, 6) is 0.982. The summed E-state index contributed by atoms with van der Waals surface area (Å²) in [5, 5.41) is 5.16. The molecule has 1 fully saturated rings. The van der Waals surface area contributed by atoms with Gasteiger partial charge in [-0.05, 0) is 95.0 Å². The molecule has 0 radical (unpaired) electrons. The maximum atomic E-state index is 13.0. The molecular weight excluding hydrogens is 506 g/mol. The van der Waals surface area contributed by atoms with Gasteiger partial charge in [-0.3, -0.25) is 4.79 Å². The highest BCUT2D eigenvalue weighted by atomic mass is 32.2. The minimum Gasteiger partial charge on any atom is -0.370 e. The number of aryl methyl sites for hydroxylation is 3. The van der Waals surface area contributed by atoms with Crippen LogP contribution >= 0.6 is 11.3 Å². The molecule has 1 aromatic carbocycles. The third-order valence-electron chi connectivity index (χ3n) is 7.37. The molecule has 1 heterocycles. The van der Waals surface area contributed by atoms with E-state index in [9.17, 15) is 13.2 Å². The number of sulfonamides is 1. The van der Waals surface area contributed by atoms with Gasteiger partial charge in [0.25, 0.3) is 0 Å². The van der Waals surface area contributed by atoms with Crippen molar-refractivity contribution in [3.63, 3.8) is 0 Å². The molecule has 206 valence electrons. The maximum absolute atomic E-state index is 13.0. The van der Waals surface area contributed by atoms with E-state index in [0.717, 1.165) is 29.5 Å². The Kier molecular flexibility index (Phi) is 10.7. The molecular formula is C28H43N3O4S2. The van der Waals surface area contributed by atoms with Gasteiger partial charge >= 0.3 is 0 Å². The van der Waals surface area contributed by atoms with Gasteiger partial charge in [0.05, 0.1) is 11.5 Å². The van der Waals surface area contributed by atoms with Crippen LogP contribution in [-0.2, 0) is 19.6 Å². The SMILES string of the molecule is Cc1cc(C)c(S(=O)(=O)N(C)CCOCC(=O)NCC2CCC(C(c3cccs3)N(C)C)CC2)c(C)c1. The van der Waals surface area contributed by atoms with Gasteiger partial charge in [-0.15, -0.1) is 11.3 Å². The molecule has 1 unspecified atom stereocenters. The van der Waals surface area contributed by atoms with Crippen molar-refractivity contribution in [1.82, 2.24) is 14.5 Å². The molecule has 1 aromatic heterocycles. The summed E-state index contributed by atoms with van der Waals surface area (Å²) in [7, 11) is 2.25. The molecule has 9 heteroatoms. The Morgan fingerprint density at radius 2 is 1.76 bits per heavy atom. The Morgan fingerprint density at radius 3 is 2.32 bits per heavy atom. The van der Waals surface area contributed by atoms with Gasteiger partial charge in [0, 0.05) is 31.1 Å². The first-order valence-electron chi connectivity index (χ1n) is 13.1. The summed E-state index contributed by atoms with van der Waals surface area (Å²) in [5.41, 5.74) is 2.51. The van der Waals surface area contributed by atoms with Gasteiger partial charge in [-0.25, -0.2) is 8.42 Å². The fourth-order valence-corrected chi connectivity index (χ4v) is 8.17. The molecule has 1 aliphatic rings. The molecule has 0 saturated heterocycles. The Balaban J connectivity index is 1.37. The van der Waals surface area contributed by atoms with Crippen LogP contribution in [0.4, 0.5) is 0 Å². The Hall–Kier alpha value is -1.78. The minimum atomic E-state index is -3.62. The number of nitrogens with zero attached hydrogens (tertiary/aromatic N) is 2. The second-order valence-electron chi connectivity index (χ2n) is 10.6. The highest BCUT2D eigenvalue weighted by Gasteiger charge is 2.30. The summed E-state index contributed by atoms with van der Waals surface area (Å²) >= 11 is 1.83. The first-order chi connectivity index (χ1) is 17.5. The molecule has 1 aliphatic carbocycles. The number of carbonyl (C=O) groups excluding carboxylic acids is 1. The highest BCUT2D eigenvalue weighted by Crippen LogP contribution is 2.40. The van der Waals surface area contributed by atoms with Crippen LogP contribution in [0.25, 0.3) is 0 Å². The number of hydrogen-bond acceptors (Lipinski definition) is 6. The van der Waals surface area contributed by atoms with Crippen molar-refractivity contribution < 1.29 is 17.9 Å². The van der Waals surface area contributed by atoms with E-state index >= 15 is 0 Å². The minimum absolute atomic E-state index is 0.0626. The van der Waals surface area contributed by atoms with Gasteiger partial charge in [-0.1, -0.05) is 23.8 Å². The molecule has 0 aliphatic heterocycles. The van der Waals surface area contributed by atoms with Crippen LogP contribution in [0.3, 0.4) is 0 Å². The average Bonchev–Trinajstić information content (AvgIpc) is 3.34. The van der Waals surface area contributed by atoms with E-state index in [-0.39, 0.29) is 25.7 Å². The molecule has 0 bridgehead atoms. The Bertz CT molecular complexity index is 1100. The fourth-order valence-electron chi connectivity index (χ4n) is 5.59. The van der Waals surface area contributed by atoms with Crippen LogP contribution in [0.5, 0.6) is 0 Å².